The fraction of sp³-hybridized carbons (Fsp3) is 0.462. The van der Waals surface area contributed by atoms with Crippen LogP contribution in [0.25, 0.3) is 0 Å². The molecule has 1 unspecified atom stereocenters. The lowest BCUT2D eigenvalue weighted by Gasteiger charge is -2.16. The van der Waals surface area contributed by atoms with Gasteiger partial charge in [-0.05, 0) is 26.5 Å². The Bertz CT molecular complexity index is 390. The molecule has 0 amide bonds. The summed E-state index contributed by atoms with van der Waals surface area (Å²) in [5.41, 5.74) is 2.11. The maximum Gasteiger partial charge on any atom is 0.344 e. The van der Waals surface area contributed by atoms with E-state index in [0.29, 0.717) is 18.7 Å². The molecule has 0 heterocycles. The van der Waals surface area contributed by atoms with E-state index in [0.717, 1.165) is 11.1 Å². The molecule has 0 radical (unpaired) electrons. The summed E-state index contributed by atoms with van der Waals surface area (Å²) in [6.07, 6.45) is -0.337. The van der Waals surface area contributed by atoms with Crippen LogP contribution in [0.4, 0.5) is 0 Å². The van der Waals surface area contributed by atoms with Crippen LogP contribution in [0.5, 0.6) is 5.75 Å². The normalized spacial score (nSPS) is 12.2. The van der Waals surface area contributed by atoms with Crippen LogP contribution < -0.4 is 10.1 Å². The Labute approximate surface area is 102 Å². The first kappa shape index (κ1) is 13.5. The van der Waals surface area contributed by atoms with Crippen LogP contribution in [0.3, 0.4) is 0 Å². The fourth-order valence-electron chi connectivity index (χ4n) is 1.61. The molecule has 0 aromatic heterocycles. The third kappa shape index (κ3) is 3.75. The lowest BCUT2D eigenvalue weighted by atomic mass is 10.1. The van der Waals surface area contributed by atoms with Gasteiger partial charge in [0.05, 0.1) is 0 Å². The molecule has 94 valence electrons. The van der Waals surface area contributed by atoms with E-state index in [-0.39, 0.29) is 0 Å². The van der Waals surface area contributed by atoms with Crippen LogP contribution in [-0.2, 0) is 11.3 Å². The van der Waals surface area contributed by atoms with E-state index in [9.17, 15) is 4.79 Å². The van der Waals surface area contributed by atoms with Crippen LogP contribution in [0.2, 0.25) is 0 Å². The maximum atomic E-state index is 10.9. The number of aryl methyl sites for hydroxylation is 1. The lowest BCUT2D eigenvalue weighted by molar-refractivity contribution is -0.145. The quantitative estimate of drug-likeness (QED) is 0.794. The van der Waals surface area contributed by atoms with Crippen molar-refractivity contribution in [3.63, 3.8) is 0 Å². The largest absolute Gasteiger partial charge is 0.479 e. The van der Waals surface area contributed by atoms with E-state index in [1.54, 1.807) is 6.92 Å². The molecule has 0 aliphatic heterocycles. The molecule has 0 saturated heterocycles. The first-order valence-electron chi connectivity index (χ1n) is 5.72. The van der Waals surface area contributed by atoms with E-state index in [2.05, 4.69) is 5.32 Å². The van der Waals surface area contributed by atoms with E-state index in [1.165, 1.54) is 0 Å². The number of carboxylic acid groups (broad SMARTS) is 1. The van der Waals surface area contributed by atoms with Crippen molar-refractivity contribution in [2.45, 2.75) is 32.9 Å². The third-order valence-electron chi connectivity index (χ3n) is 2.50. The zero-order chi connectivity index (χ0) is 12.8. The van der Waals surface area contributed by atoms with Gasteiger partial charge in [-0.25, -0.2) is 4.79 Å². The predicted molar refractivity (Wildman–Crippen MR) is 66.3 cm³/mol. The van der Waals surface area contributed by atoms with Crippen molar-refractivity contribution < 1.29 is 14.6 Å². The van der Waals surface area contributed by atoms with Crippen LogP contribution in [0.1, 0.15) is 24.5 Å². The smallest absolute Gasteiger partial charge is 0.344 e. The minimum atomic E-state index is -0.927. The van der Waals surface area contributed by atoms with Gasteiger partial charge in [-0.1, -0.05) is 24.6 Å². The van der Waals surface area contributed by atoms with E-state index in [4.69, 9.17) is 9.84 Å². The van der Waals surface area contributed by atoms with Crippen molar-refractivity contribution in [2.75, 3.05) is 7.05 Å². The Morgan fingerprint density at radius 3 is 2.76 bits per heavy atom. The summed E-state index contributed by atoms with van der Waals surface area (Å²) in [5.74, 6) is -0.289. The topological polar surface area (TPSA) is 58.6 Å². The highest BCUT2D eigenvalue weighted by molar-refractivity contribution is 5.72. The highest BCUT2D eigenvalue weighted by Crippen LogP contribution is 2.22. The van der Waals surface area contributed by atoms with Crippen molar-refractivity contribution in [2.24, 2.45) is 0 Å². The van der Waals surface area contributed by atoms with Crippen LogP contribution >= 0.6 is 0 Å². The highest BCUT2D eigenvalue weighted by Gasteiger charge is 2.18. The Morgan fingerprint density at radius 2 is 2.24 bits per heavy atom. The fourth-order valence-corrected chi connectivity index (χ4v) is 1.61. The molecular weight excluding hydrogens is 218 g/mol. The number of nitrogens with one attached hydrogen (secondary N) is 1. The summed E-state index contributed by atoms with van der Waals surface area (Å²) >= 11 is 0. The van der Waals surface area contributed by atoms with Crippen LogP contribution in [0, 0.1) is 6.92 Å². The Hall–Kier alpha value is -1.55. The van der Waals surface area contributed by atoms with Crippen molar-refractivity contribution >= 4 is 5.97 Å². The molecule has 0 bridgehead atoms. The second-order valence-corrected chi connectivity index (χ2v) is 3.99. The Kier molecular flexibility index (Phi) is 4.97. The molecule has 4 nitrogen and oxygen atoms in total. The number of ether oxygens (including phenoxy) is 1. The first-order valence-corrected chi connectivity index (χ1v) is 5.72. The first-order chi connectivity index (χ1) is 8.08. The molecule has 1 rings (SSSR count). The summed E-state index contributed by atoms with van der Waals surface area (Å²) in [6, 6.07) is 5.75. The van der Waals surface area contributed by atoms with Gasteiger partial charge >= 0.3 is 5.97 Å². The maximum absolute atomic E-state index is 10.9. The summed E-state index contributed by atoms with van der Waals surface area (Å²) in [5, 5.41) is 12.0. The van der Waals surface area contributed by atoms with E-state index >= 15 is 0 Å². The molecule has 2 N–H and O–H groups in total. The third-order valence-corrected chi connectivity index (χ3v) is 2.50. The van der Waals surface area contributed by atoms with Gasteiger partial charge in [0.15, 0.2) is 6.10 Å². The van der Waals surface area contributed by atoms with Gasteiger partial charge < -0.3 is 15.2 Å². The zero-order valence-corrected chi connectivity index (χ0v) is 10.5. The zero-order valence-electron chi connectivity index (χ0n) is 10.5. The molecule has 0 saturated carbocycles. The molecule has 17 heavy (non-hydrogen) atoms. The number of rotatable bonds is 6. The van der Waals surface area contributed by atoms with Crippen molar-refractivity contribution in [1.82, 2.24) is 5.32 Å². The van der Waals surface area contributed by atoms with Gasteiger partial charge in [-0.15, -0.1) is 0 Å². The summed E-state index contributed by atoms with van der Waals surface area (Å²) < 4.78 is 5.52. The number of hydrogen-bond donors (Lipinski definition) is 2. The summed E-state index contributed by atoms with van der Waals surface area (Å²) in [7, 11) is 1.85. The second-order valence-electron chi connectivity index (χ2n) is 3.99. The molecule has 4 heteroatoms. The predicted octanol–water partition coefficient (Wildman–Crippen LogP) is 1.96. The molecule has 1 aromatic rings. The van der Waals surface area contributed by atoms with Gasteiger partial charge in [-0.2, -0.15) is 0 Å². The molecule has 0 aliphatic carbocycles. The highest BCUT2D eigenvalue weighted by atomic mass is 16.5. The van der Waals surface area contributed by atoms with Gasteiger partial charge in [0.1, 0.15) is 5.75 Å². The molecule has 1 atom stereocenters. The second kappa shape index (κ2) is 6.25. The standard InChI is InChI=1S/C13H19NO3/c1-4-11(13(15)16)17-12-6-5-9(2)7-10(12)8-14-3/h5-7,11,14H,4,8H2,1-3H3,(H,15,16). The number of benzene rings is 1. The average molecular weight is 237 g/mol. The van der Waals surface area contributed by atoms with E-state index < -0.39 is 12.1 Å². The number of aliphatic carboxylic acids is 1. The average Bonchev–Trinajstić information content (AvgIpc) is 2.28. The molecule has 0 fully saturated rings. The summed E-state index contributed by atoms with van der Waals surface area (Å²) in [4.78, 5) is 10.9. The van der Waals surface area contributed by atoms with Crippen molar-refractivity contribution in [3.05, 3.63) is 29.3 Å². The van der Waals surface area contributed by atoms with Gasteiger partial charge in [0, 0.05) is 12.1 Å². The molecule has 1 aromatic carbocycles. The van der Waals surface area contributed by atoms with Gasteiger partial charge in [0.25, 0.3) is 0 Å². The molecular formula is C13H19NO3. The van der Waals surface area contributed by atoms with Crippen LogP contribution in [0.15, 0.2) is 18.2 Å². The molecule has 0 aliphatic rings. The number of carboxylic acids is 1. The lowest BCUT2D eigenvalue weighted by Crippen LogP contribution is -2.26. The van der Waals surface area contributed by atoms with E-state index in [1.807, 2.05) is 32.2 Å². The minimum Gasteiger partial charge on any atom is -0.479 e. The van der Waals surface area contributed by atoms with Crippen molar-refractivity contribution in [3.8, 4) is 5.75 Å². The number of hydrogen-bond acceptors (Lipinski definition) is 3. The van der Waals surface area contributed by atoms with Gasteiger partial charge in [0.2, 0.25) is 0 Å². The SMILES string of the molecule is CCC(Oc1ccc(C)cc1CNC)C(=O)O. The Balaban J connectivity index is 2.92. The van der Waals surface area contributed by atoms with Gasteiger partial charge in [-0.3, -0.25) is 0 Å². The minimum absolute atomic E-state index is 0.447. The van der Waals surface area contributed by atoms with Crippen molar-refractivity contribution in [1.29, 1.82) is 0 Å². The Morgan fingerprint density at radius 1 is 1.53 bits per heavy atom. The number of carbonyl (C=O) groups is 1. The molecule has 0 spiro atoms. The monoisotopic (exact) mass is 237 g/mol. The van der Waals surface area contributed by atoms with Crippen LogP contribution in [-0.4, -0.2) is 24.2 Å². The summed E-state index contributed by atoms with van der Waals surface area (Å²) in [6.45, 7) is 4.45.